The van der Waals surface area contributed by atoms with Crippen molar-refractivity contribution >= 4 is 39.1 Å². The van der Waals surface area contributed by atoms with Crippen molar-refractivity contribution in [3.63, 3.8) is 0 Å². The lowest BCUT2D eigenvalue weighted by Gasteiger charge is -2.34. The second kappa shape index (κ2) is 15.2. The lowest BCUT2D eigenvalue weighted by Crippen LogP contribution is -2.54. The molecule has 1 aliphatic carbocycles. The van der Waals surface area contributed by atoms with Crippen LogP contribution in [0.1, 0.15) is 56.6 Å². The summed E-state index contributed by atoms with van der Waals surface area (Å²) in [5.41, 5.74) is -1.01. The minimum Gasteiger partial charge on any atom is -0.497 e. The average molecular weight is 680 g/mol. The Balaban J connectivity index is 1.76. The molecule has 1 aliphatic rings. The third kappa shape index (κ3) is 8.52. The number of rotatable bonds is 12. The van der Waals surface area contributed by atoms with Crippen LogP contribution in [0.5, 0.6) is 5.75 Å². The van der Waals surface area contributed by atoms with E-state index in [0.717, 1.165) is 44.2 Å². The quantitative estimate of drug-likeness (QED) is 0.227. The zero-order valence-corrected chi connectivity index (χ0v) is 27.2. The van der Waals surface area contributed by atoms with Gasteiger partial charge in [-0.2, -0.15) is 13.2 Å². The van der Waals surface area contributed by atoms with Crippen LogP contribution >= 0.6 is 11.6 Å². The smallest absolute Gasteiger partial charge is 0.417 e. The molecule has 0 aromatic heterocycles. The number of halogens is 4. The number of hydrogen-bond donors (Lipinski definition) is 1. The summed E-state index contributed by atoms with van der Waals surface area (Å²) in [6, 6.07) is 15.6. The Labute approximate surface area is 272 Å². The van der Waals surface area contributed by atoms with Crippen LogP contribution in [-0.2, 0) is 32.3 Å². The van der Waals surface area contributed by atoms with Gasteiger partial charge in [0.05, 0.1) is 28.3 Å². The molecule has 8 nitrogen and oxygen atoms in total. The van der Waals surface area contributed by atoms with Gasteiger partial charge in [-0.3, -0.25) is 13.9 Å². The van der Waals surface area contributed by atoms with E-state index in [9.17, 15) is 31.2 Å². The molecule has 1 saturated carbocycles. The fourth-order valence-corrected chi connectivity index (χ4v) is 7.18. The number of carbonyl (C=O) groups excluding carboxylic acids is 2. The van der Waals surface area contributed by atoms with Crippen LogP contribution < -0.4 is 14.4 Å². The van der Waals surface area contributed by atoms with E-state index < -0.39 is 51.0 Å². The lowest BCUT2D eigenvalue weighted by molar-refractivity contribution is -0.140. The van der Waals surface area contributed by atoms with Crippen LogP contribution in [0.25, 0.3) is 0 Å². The first-order valence-corrected chi connectivity index (χ1v) is 16.8. The molecule has 0 saturated heterocycles. The average Bonchev–Trinajstić information content (AvgIpc) is 3.04. The second-order valence-corrected chi connectivity index (χ2v) is 13.4. The summed E-state index contributed by atoms with van der Waals surface area (Å²) in [5, 5.41) is 2.44. The monoisotopic (exact) mass is 679 g/mol. The van der Waals surface area contributed by atoms with Gasteiger partial charge in [-0.25, -0.2) is 8.42 Å². The zero-order valence-electron chi connectivity index (χ0n) is 25.6. The van der Waals surface area contributed by atoms with Gasteiger partial charge >= 0.3 is 6.18 Å². The van der Waals surface area contributed by atoms with E-state index in [1.807, 2.05) is 0 Å². The first kappa shape index (κ1) is 35.1. The van der Waals surface area contributed by atoms with Gasteiger partial charge in [-0.1, -0.05) is 68.1 Å². The molecule has 46 heavy (non-hydrogen) atoms. The van der Waals surface area contributed by atoms with Gasteiger partial charge in [0.15, 0.2) is 0 Å². The molecule has 248 valence electrons. The molecular formula is C33H37ClF3N3O5S. The Kier molecular flexibility index (Phi) is 11.6. The zero-order chi connectivity index (χ0) is 33.5. The highest BCUT2D eigenvalue weighted by Crippen LogP contribution is 2.38. The highest BCUT2D eigenvalue weighted by molar-refractivity contribution is 7.92. The van der Waals surface area contributed by atoms with Crippen molar-refractivity contribution < 1.29 is 35.9 Å². The Morgan fingerprint density at radius 3 is 2.24 bits per heavy atom. The molecule has 0 aliphatic heterocycles. The Hall–Kier alpha value is -3.77. The molecule has 3 aromatic rings. The fourth-order valence-electron chi connectivity index (χ4n) is 5.53. The number of sulfonamides is 1. The van der Waals surface area contributed by atoms with Crippen molar-refractivity contribution in [2.24, 2.45) is 0 Å². The highest BCUT2D eigenvalue weighted by atomic mass is 35.5. The maximum atomic E-state index is 14.2. The van der Waals surface area contributed by atoms with Gasteiger partial charge in [0.2, 0.25) is 11.8 Å². The molecule has 13 heteroatoms. The summed E-state index contributed by atoms with van der Waals surface area (Å²) < 4.78 is 75.3. The number of carbonyl (C=O) groups is 2. The Morgan fingerprint density at radius 2 is 1.65 bits per heavy atom. The minimum absolute atomic E-state index is 0.0435. The SMILES string of the molecule is CC[C@H](C(=O)NC1CCCCC1)N(Cc1ccc(OC)cc1)C(=O)CN(c1ccc(Cl)c(C(F)(F)F)c1)S(=O)(=O)c1ccccc1. The van der Waals surface area contributed by atoms with E-state index in [-0.39, 0.29) is 29.8 Å². The molecule has 1 fully saturated rings. The number of alkyl halides is 3. The van der Waals surface area contributed by atoms with Crippen molar-refractivity contribution in [2.45, 2.75) is 75.1 Å². The number of nitrogens with zero attached hydrogens (tertiary/aromatic N) is 2. The molecule has 0 bridgehead atoms. The maximum Gasteiger partial charge on any atom is 0.417 e. The number of benzene rings is 3. The summed E-state index contributed by atoms with van der Waals surface area (Å²) in [4.78, 5) is 29.0. The predicted molar refractivity (Wildman–Crippen MR) is 170 cm³/mol. The third-order valence-corrected chi connectivity index (χ3v) is 10.1. The van der Waals surface area contributed by atoms with Gasteiger partial charge in [0, 0.05) is 12.6 Å². The molecule has 2 amide bonds. The fraction of sp³-hybridized carbons (Fsp3) is 0.394. The largest absolute Gasteiger partial charge is 0.497 e. The molecule has 0 heterocycles. The lowest BCUT2D eigenvalue weighted by atomic mass is 9.95. The van der Waals surface area contributed by atoms with E-state index >= 15 is 0 Å². The standard InChI is InChI=1S/C33H37ClF3N3O5S/c1-3-30(32(42)38-24-10-6-4-7-11-24)39(21-23-14-17-26(45-2)18-15-23)31(41)22-40(46(43,44)27-12-8-5-9-13-27)25-16-19-29(34)28(20-25)33(35,36)37/h5,8-9,12-20,24,30H,3-4,6-7,10-11,21-22H2,1-2H3,(H,38,42)/t30-/m1/s1. The molecule has 0 radical (unpaired) electrons. The van der Waals surface area contributed by atoms with E-state index in [0.29, 0.717) is 21.7 Å². The normalized spacial score (nSPS) is 14.7. The molecule has 0 unspecified atom stereocenters. The van der Waals surface area contributed by atoms with E-state index in [2.05, 4.69) is 5.32 Å². The van der Waals surface area contributed by atoms with Gasteiger partial charge in [0.25, 0.3) is 10.0 Å². The van der Waals surface area contributed by atoms with E-state index in [4.69, 9.17) is 16.3 Å². The van der Waals surface area contributed by atoms with Crippen molar-refractivity contribution in [1.82, 2.24) is 10.2 Å². The summed E-state index contributed by atoms with van der Waals surface area (Å²) in [5.74, 6) is -0.573. The molecule has 4 rings (SSSR count). The summed E-state index contributed by atoms with van der Waals surface area (Å²) in [6.45, 7) is 0.805. The van der Waals surface area contributed by atoms with E-state index in [1.165, 1.54) is 36.3 Å². The Bertz CT molecular complexity index is 1600. The predicted octanol–water partition coefficient (Wildman–Crippen LogP) is 6.82. The van der Waals surface area contributed by atoms with Crippen LogP contribution in [0.4, 0.5) is 18.9 Å². The van der Waals surface area contributed by atoms with Crippen molar-refractivity contribution in [3.8, 4) is 5.75 Å². The van der Waals surface area contributed by atoms with E-state index in [1.54, 1.807) is 37.3 Å². The number of nitrogens with one attached hydrogen (secondary N) is 1. The maximum absolute atomic E-state index is 14.2. The topological polar surface area (TPSA) is 96.0 Å². The minimum atomic E-state index is -4.88. The van der Waals surface area contributed by atoms with Crippen molar-refractivity contribution in [1.29, 1.82) is 0 Å². The first-order valence-electron chi connectivity index (χ1n) is 15.0. The number of methoxy groups -OCH3 is 1. The van der Waals surface area contributed by atoms with Crippen LogP contribution in [0.15, 0.2) is 77.7 Å². The highest BCUT2D eigenvalue weighted by Gasteiger charge is 2.37. The van der Waals surface area contributed by atoms with Crippen LogP contribution in [-0.4, -0.2) is 50.9 Å². The number of amides is 2. The van der Waals surface area contributed by atoms with Gasteiger partial charge in [-0.05, 0) is 67.3 Å². The third-order valence-electron chi connectivity index (χ3n) is 8.00. The van der Waals surface area contributed by atoms with Gasteiger partial charge < -0.3 is 15.0 Å². The number of hydrogen-bond acceptors (Lipinski definition) is 5. The molecule has 1 N–H and O–H groups in total. The van der Waals surface area contributed by atoms with Gasteiger partial charge in [-0.15, -0.1) is 0 Å². The first-order chi connectivity index (χ1) is 21.8. The van der Waals surface area contributed by atoms with Crippen LogP contribution in [0.3, 0.4) is 0 Å². The van der Waals surface area contributed by atoms with Crippen LogP contribution in [0, 0.1) is 0 Å². The molecule has 1 atom stereocenters. The molecular weight excluding hydrogens is 643 g/mol. The summed E-state index contributed by atoms with van der Waals surface area (Å²) in [7, 11) is -3.05. The summed E-state index contributed by atoms with van der Waals surface area (Å²) >= 11 is 5.84. The molecule has 0 spiro atoms. The number of ether oxygens (including phenoxy) is 1. The van der Waals surface area contributed by atoms with Crippen molar-refractivity contribution in [2.75, 3.05) is 18.0 Å². The number of anilines is 1. The summed E-state index contributed by atoms with van der Waals surface area (Å²) in [6.07, 6.45) is -0.00787. The van der Waals surface area contributed by atoms with Crippen molar-refractivity contribution in [3.05, 3.63) is 88.9 Å². The molecule has 3 aromatic carbocycles. The van der Waals surface area contributed by atoms with Crippen LogP contribution in [0.2, 0.25) is 5.02 Å². The van der Waals surface area contributed by atoms with Gasteiger partial charge in [0.1, 0.15) is 18.3 Å². The Morgan fingerprint density at radius 1 is 1.00 bits per heavy atom. The second-order valence-electron chi connectivity index (χ2n) is 11.1.